The van der Waals surface area contributed by atoms with Gasteiger partial charge in [0.25, 0.3) is 0 Å². The van der Waals surface area contributed by atoms with Crippen molar-refractivity contribution in [3.63, 3.8) is 0 Å². The minimum atomic E-state index is -0.334. The Labute approximate surface area is 81.5 Å². The zero-order chi connectivity index (χ0) is 9.80. The van der Waals surface area contributed by atoms with Crippen LogP contribution in [0.15, 0.2) is 0 Å². The third-order valence-corrected chi connectivity index (χ3v) is 4.33. The second-order valence-corrected chi connectivity index (χ2v) is 5.68. The van der Waals surface area contributed by atoms with E-state index in [1.165, 1.54) is 12.8 Å². The molecule has 0 saturated heterocycles. The van der Waals surface area contributed by atoms with Crippen molar-refractivity contribution in [2.24, 2.45) is 29.6 Å². The molecule has 2 aliphatic carbocycles. The van der Waals surface area contributed by atoms with Crippen molar-refractivity contribution in [1.29, 1.82) is 0 Å². The maximum absolute atomic E-state index is 10.7. The van der Waals surface area contributed by atoms with Gasteiger partial charge in [-0.2, -0.15) is 0 Å². The molecule has 0 aromatic heterocycles. The summed E-state index contributed by atoms with van der Waals surface area (Å²) >= 11 is 0. The Morgan fingerprint density at radius 3 is 1.54 bits per heavy atom. The van der Waals surface area contributed by atoms with Gasteiger partial charge in [-0.25, -0.2) is 0 Å². The smallest absolute Gasteiger partial charge is 0.0731 e. The van der Waals surface area contributed by atoms with E-state index in [1.54, 1.807) is 0 Å². The Balaban J connectivity index is 2.11. The second-order valence-electron chi connectivity index (χ2n) is 5.68. The zero-order valence-corrected chi connectivity index (χ0v) is 9.25. The summed E-state index contributed by atoms with van der Waals surface area (Å²) in [6, 6.07) is 0. The fourth-order valence-corrected chi connectivity index (χ4v) is 3.06. The van der Waals surface area contributed by atoms with Gasteiger partial charge >= 0.3 is 0 Å². The van der Waals surface area contributed by atoms with E-state index in [1.807, 2.05) is 0 Å². The normalized spacial score (nSPS) is 47.5. The summed E-state index contributed by atoms with van der Waals surface area (Å²) in [5.74, 6) is 3.16. The highest BCUT2D eigenvalue weighted by atomic mass is 16.3. The molecular weight excluding hydrogens is 160 g/mol. The molecule has 1 nitrogen and oxygen atoms in total. The second kappa shape index (κ2) is 2.73. The Bertz CT molecular complexity index is 193. The molecule has 2 aliphatic rings. The Hall–Kier alpha value is -0.0400. The molecule has 0 amide bonds. The number of aliphatic hydroxyl groups is 1. The molecule has 2 fully saturated rings. The van der Waals surface area contributed by atoms with E-state index in [9.17, 15) is 5.11 Å². The van der Waals surface area contributed by atoms with Crippen LogP contribution in [0.1, 0.15) is 40.5 Å². The minimum Gasteiger partial charge on any atom is -0.389 e. The van der Waals surface area contributed by atoms with Gasteiger partial charge in [-0.1, -0.05) is 27.7 Å². The average molecular weight is 182 g/mol. The van der Waals surface area contributed by atoms with E-state index in [4.69, 9.17) is 0 Å². The van der Waals surface area contributed by atoms with Crippen LogP contribution in [-0.2, 0) is 0 Å². The summed E-state index contributed by atoms with van der Waals surface area (Å²) in [6.45, 7) is 8.89. The van der Waals surface area contributed by atoms with Gasteiger partial charge < -0.3 is 5.11 Å². The summed E-state index contributed by atoms with van der Waals surface area (Å²) in [5, 5.41) is 10.7. The third kappa shape index (κ3) is 1.32. The van der Waals surface area contributed by atoms with Crippen molar-refractivity contribution in [2.75, 3.05) is 0 Å². The van der Waals surface area contributed by atoms with Crippen LogP contribution in [0.2, 0.25) is 0 Å². The Morgan fingerprint density at radius 2 is 1.38 bits per heavy atom. The van der Waals surface area contributed by atoms with E-state index >= 15 is 0 Å². The van der Waals surface area contributed by atoms with Crippen molar-refractivity contribution in [2.45, 2.75) is 46.1 Å². The quantitative estimate of drug-likeness (QED) is 0.711. The largest absolute Gasteiger partial charge is 0.389 e. The Kier molecular flexibility index (Phi) is 1.99. The molecule has 2 rings (SSSR count). The molecule has 1 heteroatoms. The molecule has 0 aromatic rings. The summed E-state index contributed by atoms with van der Waals surface area (Å²) in [4.78, 5) is 0. The summed E-state index contributed by atoms with van der Waals surface area (Å²) in [7, 11) is 0. The van der Waals surface area contributed by atoms with Crippen LogP contribution in [0.3, 0.4) is 0 Å². The SMILES string of the molecule is CC(C)C(O)([C@@H]1C[C@@H]1C)[C@H]1C[C@@H]1C. The summed E-state index contributed by atoms with van der Waals surface area (Å²) < 4.78 is 0. The zero-order valence-electron chi connectivity index (χ0n) is 9.25. The highest BCUT2D eigenvalue weighted by molar-refractivity contribution is 5.10. The van der Waals surface area contributed by atoms with Crippen LogP contribution in [-0.4, -0.2) is 10.7 Å². The fourth-order valence-electron chi connectivity index (χ4n) is 3.06. The third-order valence-electron chi connectivity index (χ3n) is 4.33. The van der Waals surface area contributed by atoms with E-state index in [-0.39, 0.29) is 5.60 Å². The molecular formula is C12H22O. The van der Waals surface area contributed by atoms with E-state index in [0.717, 1.165) is 11.8 Å². The molecule has 5 atom stereocenters. The number of hydrogen-bond donors (Lipinski definition) is 1. The topological polar surface area (TPSA) is 20.2 Å². The average Bonchev–Trinajstić information content (AvgIpc) is 2.89. The predicted molar refractivity (Wildman–Crippen MR) is 54.3 cm³/mol. The van der Waals surface area contributed by atoms with Crippen LogP contribution >= 0.6 is 0 Å². The van der Waals surface area contributed by atoms with Crippen LogP contribution in [0.5, 0.6) is 0 Å². The lowest BCUT2D eigenvalue weighted by Gasteiger charge is -2.33. The lowest BCUT2D eigenvalue weighted by atomic mass is 9.79. The van der Waals surface area contributed by atoms with Crippen LogP contribution in [0, 0.1) is 29.6 Å². The van der Waals surface area contributed by atoms with Crippen LogP contribution in [0.25, 0.3) is 0 Å². The molecule has 0 bridgehead atoms. The summed E-state index contributed by atoms with van der Waals surface area (Å²) in [5.41, 5.74) is -0.334. The summed E-state index contributed by atoms with van der Waals surface area (Å²) in [6.07, 6.45) is 2.50. The van der Waals surface area contributed by atoms with Gasteiger partial charge in [0.2, 0.25) is 0 Å². The monoisotopic (exact) mass is 182 g/mol. The first-order valence-electron chi connectivity index (χ1n) is 5.70. The molecule has 0 radical (unpaired) electrons. The molecule has 0 aromatic carbocycles. The predicted octanol–water partition coefficient (Wildman–Crippen LogP) is 2.69. The molecule has 1 unspecified atom stereocenters. The van der Waals surface area contributed by atoms with Crippen LogP contribution < -0.4 is 0 Å². The van der Waals surface area contributed by atoms with Crippen molar-refractivity contribution in [3.05, 3.63) is 0 Å². The van der Waals surface area contributed by atoms with Gasteiger partial charge in [0.15, 0.2) is 0 Å². The van der Waals surface area contributed by atoms with Gasteiger partial charge in [0.05, 0.1) is 5.60 Å². The highest BCUT2D eigenvalue weighted by Crippen LogP contribution is 2.60. The van der Waals surface area contributed by atoms with Crippen LogP contribution in [0.4, 0.5) is 0 Å². The van der Waals surface area contributed by atoms with Crippen molar-refractivity contribution >= 4 is 0 Å². The molecule has 0 spiro atoms. The van der Waals surface area contributed by atoms with Gasteiger partial charge in [-0.05, 0) is 42.4 Å². The van der Waals surface area contributed by atoms with E-state index in [2.05, 4.69) is 27.7 Å². The Morgan fingerprint density at radius 1 is 1.08 bits per heavy atom. The lowest BCUT2D eigenvalue weighted by Crippen LogP contribution is -2.41. The van der Waals surface area contributed by atoms with Crippen molar-refractivity contribution in [1.82, 2.24) is 0 Å². The van der Waals surface area contributed by atoms with E-state index < -0.39 is 0 Å². The van der Waals surface area contributed by atoms with Gasteiger partial charge in [-0.15, -0.1) is 0 Å². The van der Waals surface area contributed by atoms with Gasteiger partial charge in [0, 0.05) is 0 Å². The first-order valence-corrected chi connectivity index (χ1v) is 5.70. The standard InChI is InChI=1S/C12H22O/c1-7(2)12(13,10-5-8(10)3)11-6-9(11)4/h7-11,13H,5-6H2,1-4H3/t8-,9-,10-,11+,12?/m0/s1. The van der Waals surface area contributed by atoms with Crippen molar-refractivity contribution < 1.29 is 5.11 Å². The lowest BCUT2D eigenvalue weighted by molar-refractivity contribution is -0.0544. The first kappa shape index (κ1) is 9.51. The number of hydrogen-bond acceptors (Lipinski definition) is 1. The van der Waals surface area contributed by atoms with Gasteiger partial charge in [-0.3, -0.25) is 0 Å². The van der Waals surface area contributed by atoms with Gasteiger partial charge in [0.1, 0.15) is 0 Å². The highest BCUT2D eigenvalue weighted by Gasteiger charge is 2.60. The molecule has 13 heavy (non-hydrogen) atoms. The molecule has 1 N–H and O–H groups in total. The first-order chi connectivity index (χ1) is 5.98. The fraction of sp³-hybridized carbons (Fsp3) is 1.00. The molecule has 2 saturated carbocycles. The maximum atomic E-state index is 10.7. The maximum Gasteiger partial charge on any atom is 0.0731 e. The number of rotatable bonds is 3. The molecule has 0 aliphatic heterocycles. The van der Waals surface area contributed by atoms with Crippen molar-refractivity contribution in [3.8, 4) is 0 Å². The molecule has 0 heterocycles. The minimum absolute atomic E-state index is 0.334. The van der Waals surface area contributed by atoms with E-state index in [0.29, 0.717) is 17.8 Å². The molecule has 76 valence electrons.